The first-order valence-electron chi connectivity index (χ1n) is 4.63. The molecule has 0 aliphatic rings. The summed E-state index contributed by atoms with van der Waals surface area (Å²) in [5.41, 5.74) is 6.35. The minimum Gasteiger partial charge on any atom is -0.465 e. The highest BCUT2D eigenvalue weighted by molar-refractivity contribution is 5.77. The number of rotatable bonds is 4. The van der Waals surface area contributed by atoms with Gasteiger partial charge < -0.3 is 10.5 Å². The van der Waals surface area contributed by atoms with E-state index in [1.807, 2.05) is 6.92 Å². The molecule has 0 aromatic carbocycles. The first-order valence-corrected chi connectivity index (χ1v) is 4.63. The molecule has 1 atom stereocenters. The summed E-state index contributed by atoms with van der Waals surface area (Å²) in [4.78, 5) is 11.3. The van der Waals surface area contributed by atoms with Crippen molar-refractivity contribution < 1.29 is 9.53 Å². The van der Waals surface area contributed by atoms with Gasteiger partial charge in [0, 0.05) is 18.3 Å². The van der Waals surface area contributed by atoms with Crippen molar-refractivity contribution in [3.8, 4) is 0 Å². The average molecular weight is 197 g/mol. The van der Waals surface area contributed by atoms with Crippen LogP contribution in [0.5, 0.6) is 0 Å². The van der Waals surface area contributed by atoms with Gasteiger partial charge in [-0.25, -0.2) is 4.79 Å². The molecule has 2 N–H and O–H groups in total. The summed E-state index contributed by atoms with van der Waals surface area (Å²) < 4.78 is 6.52. The lowest BCUT2D eigenvalue weighted by atomic mass is 10.2. The largest absolute Gasteiger partial charge is 0.465 e. The number of hydrogen-bond donors (Lipinski definition) is 1. The van der Waals surface area contributed by atoms with Crippen LogP contribution in [-0.4, -0.2) is 22.4 Å². The molecule has 5 nitrogen and oxygen atoms in total. The Morgan fingerprint density at radius 2 is 2.43 bits per heavy atom. The Hall–Kier alpha value is -1.36. The molecule has 1 heterocycles. The Balaban J connectivity index is 2.68. The van der Waals surface area contributed by atoms with E-state index in [9.17, 15) is 4.79 Å². The molecule has 0 aliphatic carbocycles. The minimum absolute atomic E-state index is 0.342. The number of esters is 1. The van der Waals surface area contributed by atoms with Crippen LogP contribution in [0.2, 0.25) is 0 Å². The second-order valence-corrected chi connectivity index (χ2v) is 2.86. The van der Waals surface area contributed by atoms with Gasteiger partial charge in [0.2, 0.25) is 0 Å². The molecular weight excluding hydrogens is 182 g/mol. The van der Waals surface area contributed by atoms with Crippen LogP contribution < -0.4 is 5.73 Å². The van der Waals surface area contributed by atoms with Crippen molar-refractivity contribution in [3.63, 3.8) is 0 Å². The van der Waals surface area contributed by atoms with Crippen LogP contribution in [0.15, 0.2) is 12.4 Å². The van der Waals surface area contributed by atoms with E-state index >= 15 is 0 Å². The fourth-order valence-corrected chi connectivity index (χ4v) is 1.08. The number of nitrogens with two attached hydrogens (primary N) is 1. The molecule has 1 aromatic heterocycles. The van der Waals surface area contributed by atoms with Gasteiger partial charge >= 0.3 is 5.97 Å². The monoisotopic (exact) mass is 197 g/mol. The molecule has 0 spiro atoms. The van der Waals surface area contributed by atoms with Crippen LogP contribution in [-0.2, 0) is 16.1 Å². The van der Waals surface area contributed by atoms with Gasteiger partial charge in [-0.1, -0.05) is 0 Å². The first kappa shape index (κ1) is 10.7. The summed E-state index contributed by atoms with van der Waals surface area (Å²) in [5, 5.41) is 4.03. The molecule has 1 unspecified atom stereocenters. The van der Waals surface area contributed by atoms with E-state index in [1.54, 1.807) is 24.0 Å². The molecule has 0 radical (unpaired) electrons. The van der Waals surface area contributed by atoms with Gasteiger partial charge in [-0.3, -0.25) is 4.68 Å². The van der Waals surface area contributed by atoms with Crippen LogP contribution in [0.1, 0.15) is 25.5 Å². The summed E-state index contributed by atoms with van der Waals surface area (Å²) in [6, 6.07) is -0.727. The summed E-state index contributed by atoms with van der Waals surface area (Å²) >= 11 is 0. The quantitative estimate of drug-likeness (QED) is 0.712. The van der Waals surface area contributed by atoms with Gasteiger partial charge in [-0.05, 0) is 13.8 Å². The van der Waals surface area contributed by atoms with Crippen LogP contribution in [0, 0.1) is 0 Å². The predicted octanol–water partition coefficient (Wildman–Crippen LogP) is 0.466. The van der Waals surface area contributed by atoms with Gasteiger partial charge in [0.05, 0.1) is 12.8 Å². The van der Waals surface area contributed by atoms with Crippen LogP contribution in [0.4, 0.5) is 0 Å². The first-order chi connectivity index (χ1) is 6.69. The highest BCUT2D eigenvalue weighted by atomic mass is 16.5. The molecule has 78 valence electrons. The Kier molecular flexibility index (Phi) is 3.64. The fourth-order valence-electron chi connectivity index (χ4n) is 1.08. The van der Waals surface area contributed by atoms with Gasteiger partial charge in [0.25, 0.3) is 0 Å². The maximum Gasteiger partial charge on any atom is 0.327 e. The Bertz CT molecular complexity index is 309. The zero-order valence-corrected chi connectivity index (χ0v) is 8.43. The molecular formula is C9H15N3O2. The van der Waals surface area contributed by atoms with Crippen molar-refractivity contribution in [1.82, 2.24) is 9.78 Å². The van der Waals surface area contributed by atoms with E-state index in [1.165, 1.54) is 0 Å². The molecule has 0 bridgehead atoms. The minimum atomic E-state index is -0.727. The number of aryl methyl sites for hydroxylation is 1. The van der Waals surface area contributed by atoms with Crippen molar-refractivity contribution in [2.75, 3.05) is 6.61 Å². The van der Waals surface area contributed by atoms with Crippen molar-refractivity contribution >= 4 is 5.97 Å². The second kappa shape index (κ2) is 4.76. The Morgan fingerprint density at radius 1 is 1.71 bits per heavy atom. The molecule has 14 heavy (non-hydrogen) atoms. The highest BCUT2D eigenvalue weighted by Gasteiger charge is 2.18. The number of aromatic nitrogens is 2. The molecule has 1 aromatic rings. The molecule has 1 rings (SSSR count). The van der Waals surface area contributed by atoms with Crippen molar-refractivity contribution in [1.29, 1.82) is 0 Å². The van der Waals surface area contributed by atoms with Gasteiger partial charge in [0.15, 0.2) is 0 Å². The molecule has 0 saturated heterocycles. The molecule has 0 aliphatic heterocycles. The van der Waals surface area contributed by atoms with Crippen molar-refractivity contribution in [2.45, 2.75) is 26.4 Å². The molecule has 0 fully saturated rings. The summed E-state index contributed by atoms with van der Waals surface area (Å²) in [6.45, 7) is 4.82. The summed E-state index contributed by atoms with van der Waals surface area (Å²) in [7, 11) is 0. The summed E-state index contributed by atoms with van der Waals surface area (Å²) in [6.07, 6.45) is 3.34. The lowest BCUT2D eigenvalue weighted by Gasteiger charge is -2.07. The van der Waals surface area contributed by atoms with Crippen LogP contribution in [0.3, 0.4) is 0 Å². The average Bonchev–Trinajstić information content (AvgIpc) is 2.65. The standard InChI is InChI=1S/C9H15N3O2/c1-3-12-6-7(5-11-12)8(10)9(13)14-4-2/h5-6,8H,3-4,10H2,1-2H3. The summed E-state index contributed by atoms with van der Waals surface area (Å²) in [5.74, 6) is -0.414. The lowest BCUT2D eigenvalue weighted by Crippen LogP contribution is -2.23. The van der Waals surface area contributed by atoms with Gasteiger partial charge in [-0.15, -0.1) is 0 Å². The van der Waals surface area contributed by atoms with Gasteiger partial charge in [-0.2, -0.15) is 5.10 Å². The lowest BCUT2D eigenvalue weighted by molar-refractivity contribution is -0.144. The van der Waals surface area contributed by atoms with Crippen molar-refractivity contribution in [3.05, 3.63) is 18.0 Å². The zero-order valence-electron chi connectivity index (χ0n) is 8.43. The predicted molar refractivity (Wildman–Crippen MR) is 51.5 cm³/mol. The van der Waals surface area contributed by atoms with Crippen LogP contribution in [0.25, 0.3) is 0 Å². The highest BCUT2D eigenvalue weighted by Crippen LogP contribution is 2.10. The maximum absolute atomic E-state index is 11.3. The van der Waals surface area contributed by atoms with E-state index in [4.69, 9.17) is 10.5 Å². The number of hydrogen-bond acceptors (Lipinski definition) is 4. The Labute approximate surface area is 82.8 Å². The fraction of sp³-hybridized carbons (Fsp3) is 0.556. The second-order valence-electron chi connectivity index (χ2n) is 2.86. The topological polar surface area (TPSA) is 70.1 Å². The third kappa shape index (κ3) is 2.32. The van der Waals surface area contributed by atoms with Gasteiger partial charge in [0.1, 0.15) is 6.04 Å². The van der Waals surface area contributed by atoms with E-state index < -0.39 is 12.0 Å². The number of carbonyl (C=O) groups excluding carboxylic acids is 1. The number of nitrogens with zero attached hydrogens (tertiary/aromatic N) is 2. The van der Waals surface area contributed by atoms with E-state index in [-0.39, 0.29) is 0 Å². The normalized spacial score (nSPS) is 12.5. The van der Waals surface area contributed by atoms with E-state index in [0.717, 1.165) is 6.54 Å². The van der Waals surface area contributed by atoms with Crippen molar-refractivity contribution in [2.24, 2.45) is 5.73 Å². The SMILES string of the molecule is CCOC(=O)C(N)c1cnn(CC)c1. The Morgan fingerprint density at radius 3 is 2.93 bits per heavy atom. The van der Waals surface area contributed by atoms with E-state index in [2.05, 4.69) is 5.10 Å². The third-order valence-corrected chi connectivity index (χ3v) is 1.88. The number of ether oxygens (including phenoxy) is 1. The molecule has 0 saturated carbocycles. The third-order valence-electron chi connectivity index (χ3n) is 1.88. The zero-order chi connectivity index (χ0) is 10.6. The molecule has 0 amide bonds. The maximum atomic E-state index is 11.3. The van der Waals surface area contributed by atoms with E-state index in [0.29, 0.717) is 12.2 Å². The smallest absolute Gasteiger partial charge is 0.327 e. The molecule has 5 heteroatoms. The number of carbonyl (C=O) groups is 1. The van der Waals surface area contributed by atoms with Crippen LogP contribution >= 0.6 is 0 Å².